The van der Waals surface area contributed by atoms with Gasteiger partial charge in [-0.2, -0.15) is 0 Å². The van der Waals surface area contributed by atoms with E-state index in [9.17, 15) is 14.7 Å². The van der Waals surface area contributed by atoms with Crippen molar-refractivity contribution in [2.75, 3.05) is 54.0 Å². The van der Waals surface area contributed by atoms with Crippen molar-refractivity contribution in [2.24, 2.45) is 7.05 Å². The van der Waals surface area contributed by atoms with Crippen LogP contribution < -0.4 is 10.1 Å². The zero-order valence-corrected chi connectivity index (χ0v) is 21.8. The van der Waals surface area contributed by atoms with Gasteiger partial charge in [0.1, 0.15) is 5.75 Å². The van der Waals surface area contributed by atoms with Crippen molar-refractivity contribution in [3.63, 3.8) is 0 Å². The number of carbonyl (C=O) groups is 2. The van der Waals surface area contributed by atoms with Crippen molar-refractivity contribution in [2.45, 2.75) is 44.2 Å². The number of likely N-dealkylation sites (N-methyl/N-ethyl adjacent to an activating group) is 1. The zero-order valence-electron chi connectivity index (χ0n) is 21.8. The third kappa shape index (κ3) is 4.47. The van der Waals surface area contributed by atoms with Crippen molar-refractivity contribution in [1.82, 2.24) is 24.6 Å². The number of aliphatic hydroxyl groups excluding tert-OH is 1. The molecule has 3 amide bonds. The monoisotopic (exact) mass is 485 g/mol. The van der Waals surface area contributed by atoms with Gasteiger partial charge in [-0.3, -0.25) is 4.79 Å². The largest absolute Gasteiger partial charge is 0.497 e. The number of amides is 3. The summed E-state index contributed by atoms with van der Waals surface area (Å²) in [6.45, 7) is 5.82. The number of hydrogen-bond donors (Lipinski definition) is 2. The lowest BCUT2D eigenvalue weighted by Crippen LogP contribution is -2.58. The third-order valence-corrected chi connectivity index (χ3v) is 7.51. The summed E-state index contributed by atoms with van der Waals surface area (Å²) in [6, 6.07) is 5.71. The van der Waals surface area contributed by atoms with Crippen LogP contribution in [0, 0.1) is 0 Å². The quantitative estimate of drug-likeness (QED) is 0.677. The van der Waals surface area contributed by atoms with Gasteiger partial charge in [0.15, 0.2) is 0 Å². The Morgan fingerprint density at radius 2 is 1.94 bits per heavy atom. The fourth-order valence-corrected chi connectivity index (χ4v) is 5.87. The number of rotatable bonds is 5. The second-order valence-corrected chi connectivity index (χ2v) is 10.5. The molecule has 0 bridgehead atoms. The highest BCUT2D eigenvalue weighted by atomic mass is 16.5. The molecule has 9 heteroatoms. The Labute approximate surface area is 207 Å². The van der Waals surface area contributed by atoms with Crippen LogP contribution >= 0.6 is 0 Å². The van der Waals surface area contributed by atoms with Gasteiger partial charge >= 0.3 is 6.03 Å². The van der Waals surface area contributed by atoms with Crippen LogP contribution in [0.4, 0.5) is 4.79 Å². The summed E-state index contributed by atoms with van der Waals surface area (Å²) >= 11 is 0. The minimum absolute atomic E-state index is 0.00175. The predicted molar refractivity (Wildman–Crippen MR) is 136 cm³/mol. The van der Waals surface area contributed by atoms with Gasteiger partial charge in [0.05, 0.1) is 31.8 Å². The number of benzene rings is 1. The molecule has 1 aromatic heterocycles. The number of likely N-dealkylation sites (tertiary alicyclic amines) is 1. The van der Waals surface area contributed by atoms with E-state index in [-0.39, 0.29) is 36.5 Å². The Morgan fingerprint density at radius 1 is 1.26 bits per heavy atom. The molecule has 35 heavy (non-hydrogen) atoms. The number of nitrogens with zero attached hydrogens (tertiary/aromatic N) is 4. The van der Waals surface area contributed by atoms with Crippen molar-refractivity contribution >= 4 is 22.8 Å². The van der Waals surface area contributed by atoms with E-state index in [0.29, 0.717) is 19.6 Å². The maximum absolute atomic E-state index is 13.4. The number of hydrogen-bond acceptors (Lipinski definition) is 5. The smallest absolute Gasteiger partial charge is 0.317 e. The van der Waals surface area contributed by atoms with Crippen LogP contribution in [0.2, 0.25) is 0 Å². The summed E-state index contributed by atoms with van der Waals surface area (Å²) in [5.74, 6) is 0.771. The Balaban J connectivity index is 1.82. The molecule has 1 fully saturated rings. The predicted octanol–water partition coefficient (Wildman–Crippen LogP) is 2.08. The van der Waals surface area contributed by atoms with E-state index >= 15 is 0 Å². The minimum Gasteiger partial charge on any atom is -0.497 e. The van der Waals surface area contributed by atoms with E-state index in [0.717, 1.165) is 35.2 Å². The number of urea groups is 1. The van der Waals surface area contributed by atoms with Crippen LogP contribution in [0.1, 0.15) is 44.0 Å². The first-order chi connectivity index (χ1) is 16.6. The normalized spacial score (nSPS) is 19.5. The lowest BCUT2D eigenvalue weighted by molar-refractivity contribution is -0.138. The number of ether oxygens (including phenoxy) is 1. The van der Waals surface area contributed by atoms with Crippen molar-refractivity contribution < 1.29 is 19.4 Å². The van der Waals surface area contributed by atoms with Gasteiger partial charge in [0, 0.05) is 55.3 Å². The molecule has 0 radical (unpaired) electrons. The molecule has 9 nitrogen and oxygen atoms in total. The standard InChI is InChI=1S/C26H39N5O4/c1-17(2)27-25(34)30-11-9-26(10-12-30)16-31(22(33)14-28(3)4)21(15-32)24-23(26)19-8-7-18(35-6)13-20(19)29(24)5/h7-8,13,17,21,32H,9-12,14-16H2,1-6H3,(H,27,34)/t21-/m1/s1. The van der Waals surface area contributed by atoms with Gasteiger partial charge < -0.3 is 34.4 Å². The van der Waals surface area contributed by atoms with E-state index in [2.05, 4.69) is 16.0 Å². The van der Waals surface area contributed by atoms with Gasteiger partial charge in [-0.25, -0.2) is 4.79 Å². The average molecular weight is 486 g/mol. The first kappa shape index (κ1) is 25.3. The van der Waals surface area contributed by atoms with E-state index in [1.165, 1.54) is 5.56 Å². The topological polar surface area (TPSA) is 90.3 Å². The first-order valence-electron chi connectivity index (χ1n) is 12.4. The van der Waals surface area contributed by atoms with Crippen LogP contribution in [-0.4, -0.2) is 96.3 Å². The van der Waals surface area contributed by atoms with Gasteiger partial charge in [-0.15, -0.1) is 0 Å². The number of fused-ring (bicyclic) bond motifs is 4. The summed E-state index contributed by atoms with van der Waals surface area (Å²) in [5.41, 5.74) is 2.91. The number of nitrogens with one attached hydrogen (secondary N) is 1. The Bertz CT molecular complexity index is 1100. The highest BCUT2D eigenvalue weighted by molar-refractivity contribution is 5.90. The van der Waals surface area contributed by atoms with Crippen molar-refractivity contribution in [3.05, 3.63) is 29.5 Å². The molecule has 2 aliphatic rings. The number of methoxy groups -OCH3 is 1. The summed E-state index contributed by atoms with van der Waals surface area (Å²) in [6.07, 6.45) is 1.50. The third-order valence-electron chi connectivity index (χ3n) is 7.51. The Kier molecular flexibility index (Phi) is 7.02. The molecule has 2 N–H and O–H groups in total. The van der Waals surface area contributed by atoms with Gasteiger partial charge in [-0.05, 0) is 58.5 Å². The van der Waals surface area contributed by atoms with Gasteiger partial charge in [0.2, 0.25) is 5.91 Å². The molecule has 0 saturated carbocycles. The fourth-order valence-electron chi connectivity index (χ4n) is 5.87. The molecule has 1 saturated heterocycles. The van der Waals surface area contributed by atoms with Crippen LogP contribution in [0.3, 0.4) is 0 Å². The van der Waals surface area contributed by atoms with Crippen LogP contribution in [0.15, 0.2) is 18.2 Å². The maximum Gasteiger partial charge on any atom is 0.317 e. The molecule has 1 atom stereocenters. The molecule has 1 spiro atoms. The average Bonchev–Trinajstić information content (AvgIpc) is 3.11. The van der Waals surface area contributed by atoms with E-state index in [1.807, 2.05) is 61.8 Å². The SMILES string of the molecule is COc1ccc2c3c(n(C)c2c1)[C@@H](CO)N(C(=O)CN(C)C)CC31CCN(C(=O)NC(C)C)CC1. The molecule has 3 heterocycles. The molecule has 4 rings (SSSR count). The van der Waals surface area contributed by atoms with Gasteiger partial charge in [-0.1, -0.05) is 0 Å². The van der Waals surface area contributed by atoms with E-state index in [4.69, 9.17) is 4.74 Å². The number of aryl methyl sites for hydroxylation is 1. The summed E-state index contributed by atoms with van der Waals surface area (Å²) < 4.78 is 7.60. The first-order valence-corrected chi connectivity index (χ1v) is 12.4. The summed E-state index contributed by atoms with van der Waals surface area (Å²) in [5, 5.41) is 14.6. The number of carbonyl (C=O) groups excluding carboxylic acids is 2. The molecule has 0 aliphatic carbocycles. The van der Waals surface area contributed by atoms with Crippen LogP contribution in [0.25, 0.3) is 10.9 Å². The van der Waals surface area contributed by atoms with E-state index in [1.54, 1.807) is 7.11 Å². The second kappa shape index (κ2) is 9.70. The number of aliphatic hydroxyl groups is 1. The molecule has 2 aromatic rings. The van der Waals surface area contributed by atoms with Gasteiger partial charge in [0.25, 0.3) is 0 Å². The van der Waals surface area contributed by atoms with Crippen molar-refractivity contribution in [3.8, 4) is 5.75 Å². The molecule has 2 aliphatic heterocycles. The number of piperidine rings is 1. The minimum atomic E-state index is -0.422. The van der Waals surface area contributed by atoms with Crippen LogP contribution in [0.5, 0.6) is 5.75 Å². The molecule has 0 unspecified atom stereocenters. The Hall–Kier alpha value is -2.78. The molecular formula is C26H39N5O4. The molecule has 192 valence electrons. The highest BCUT2D eigenvalue weighted by Gasteiger charge is 2.49. The zero-order chi connectivity index (χ0) is 25.5. The molecular weight excluding hydrogens is 446 g/mol. The lowest BCUT2D eigenvalue weighted by atomic mass is 9.68. The lowest BCUT2D eigenvalue weighted by Gasteiger charge is -2.50. The second-order valence-electron chi connectivity index (χ2n) is 10.5. The van der Waals surface area contributed by atoms with Crippen LogP contribution in [-0.2, 0) is 17.3 Å². The summed E-state index contributed by atoms with van der Waals surface area (Å²) in [4.78, 5) is 31.7. The highest BCUT2D eigenvalue weighted by Crippen LogP contribution is 2.50. The summed E-state index contributed by atoms with van der Waals surface area (Å²) in [7, 11) is 7.42. The van der Waals surface area contributed by atoms with Crippen molar-refractivity contribution in [1.29, 1.82) is 0 Å². The number of aromatic nitrogens is 1. The Morgan fingerprint density at radius 3 is 2.51 bits per heavy atom. The van der Waals surface area contributed by atoms with E-state index < -0.39 is 6.04 Å². The maximum atomic E-state index is 13.4. The molecule has 1 aromatic carbocycles. The fraction of sp³-hybridized carbons (Fsp3) is 0.615.